The van der Waals surface area contributed by atoms with Crippen LogP contribution in [0.25, 0.3) is 0 Å². The van der Waals surface area contributed by atoms with Crippen molar-refractivity contribution in [3.8, 4) is 5.75 Å². The first kappa shape index (κ1) is 16.2. The summed E-state index contributed by atoms with van der Waals surface area (Å²) < 4.78 is 5.67. The molecule has 1 rings (SSSR count). The van der Waals surface area contributed by atoms with Gasteiger partial charge in [0, 0.05) is 18.7 Å². The molecule has 110 valence electrons. The number of aryl methyl sites for hydroxylation is 1. The monoisotopic (exact) mass is 276 g/mol. The first-order valence-corrected chi connectivity index (χ1v) is 6.98. The number of carbonyl (C=O) groups excluding carboxylic acids is 1. The molecule has 0 bridgehead atoms. The third-order valence-corrected chi connectivity index (χ3v) is 2.83. The number of carbonyl (C=O) groups is 1. The van der Waals surface area contributed by atoms with Crippen molar-refractivity contribution in [2.24, 2.45) is 0 Å². The highest BCUT2D eigenvalue weighted by molar-refractivity contribution is 5.77. The van der Waals surface area contributed by atoms with Crippen LogP contribution in [-0.4, -0.2) is 25.6 Å². The average Bonchev–Trinajstić information content (AvgIpc) is 2.44. The summed E-state index contributed by atoms with van der Waals surface area (Å²) in [5.74, 6) is 0.658. The maximum atomic E-state index is 11.6. The molecular formula is C16H24N2O2. The highest BCUT2D eigenvalue weighted by Gasteiger charge is 2.09. The molecule has 0 saturated carbocycles. The number of hydrogen-bond acceptors (Lipinski definition) is 3. The van der Waals surface area contributed by atoms with E-state index in [1.165, 1.54) is 0 Å². The summed E-state index contributed by atoms with van der Waals surface area (Å²) in [6, 6.07) is 6.01. The lowest BCUT2D eigenvalue weighted by Crippen LogP contribution is -2.29. The Labute approximate surface area is 121 Å². The smallest absolute Gasteiger partial charge is 0.258 e. The maximum absolute atomic E-state index is 11.6. The number of ether oxygens (including phenoxy) is 1. The quantitative estimate of drug-likeness (QED) is 0.537. The Kier molecular flexibility index (Phi) is 7.43. The lowest BCUT2D eigenvalue weighted by molar-refractivity contribution is -0.122. The van der Waals surface area contributed by atoms with Gasteiger partial charge in [-0.05, 0) is 25.5 Å². The van der Waals surface area contributed by atoms with Crippen LogP contribution in [0.3, 0.4) is 0 Å². The van der Waals surface area contributed by atoms with Crippen LogP contribution in [0.1, 0.15) is 24.5 Å². The Balaban J connectivity index is 2.62. The summed E-state index contributed by atoms with van der Waals surface area (Å²) in [7, 11) is 0. The zero-order chi connectivity index (χ0) is 14.8. The van der Waals surface area contributed by atoms with Crippen molar-refractivity contribution in [1.29, 1.82) is 0 Å². The second kappa shape index (κ2) is 9.15. The van der Waals surface area contributed by atoms with E-state index in [1.807, 2.05) is 25.1 Å². The third-order valence-electron chi connectivity index (χ3n) is 2.83. The van der Waals surface area contributed by atoms with Crippen molar-refractivity contribution in [2.75, 3.05) is 19.7 Å². The molecule has 1 aromatic carbocycles. The second-order valence-electron chi connectivity index (χ2n) is 4.62. The van der Waals surface area contributed by atoms with E-state index in [0.717, 1.165) is 36.4 Å². The predicted octanol–water partition coefficient (Wildman–Crippen LogP) is 2.18. The van der Waals surface area contributed by atoms with Gasteiger partial charge in [-0.2, -0.15) is 0 Å². The van der Waals surface area contributed by atoms with Crippen LogP contribution in [0.5, 0.6) is 5.75 Å². The van der Waals surface area contributed by atoms with Crippen LogP contribution in [0.2, 0.25) is 0 Å². The van der Waals surface area contributed by atoms with Gasteiger partial charge < -0.3 is 15.4 Å². The van der Waals surface area contributed by atoms with E-state index in [-0.39, 0.29) is 12.5 Å². The minimum atomic E-state index is -0.138. The second-order valence-corrected chi connectivity index (χ2v) is 4.62. The number of para-hydroxylation sites is 1. The fourth-order valence-corrected chi connectivity index (χ4v) is 1.83. The van der Waals surface area contributed by atoms with Crippen molar-refractivity contribution >= 4 is 5.91 Å². The standard InChI is InChI=1S/C16H24N2O2/c1-4-9-17-11-14-8-6-7-13(3)16(14)20-12-15(19)18-10-5-2/h5-8,17H,2,4,9-12H2,1,3H3,(H,18,19). The number of nitrogens with one attached hydrogen (secondary N) is 2. The van der Waals surface area contributed by atoms with Gasteiger partial charge in [0.1, 0.15) is 5.75 Å². The molecule has 0 saturated heterocycles. The lowest BCUT2D eigenvalue weighted by Gasteiger charge is -2.14. The fourth-order valence-electron chi connectivity index (χ4n) is 1.83. The third kappa shape index (κ3) is 5.45. The average molecular weight is 276 g/mol. The zero-order valence-corrected chi connectivity index (χ0v) is 12.4. The van der Waals surface area contributed by atoms with Gasteiger partial charge >= 0.3 is 0 Å². The Hall–Kier alpha value is -1.81. The van der Waals surface area contributed by atoms with Crippen LogP contribution in [0, 0.1) is 6.92 Å². The fraction of sp³-hybridized carbons (Fsp3) is 0.438. The summed E-state index contributed by atoms with van der Waals surface area (Å²) in [6.07, 6.45) is 2.73. The minimum Gasteiger partial charge on any atom is -0.483 e. The zero-order valence-electron chi connectivity index (χ0n) is 12.4. The van der Waals surface area contributed by atoms with Crippen molar-refractivity contribution in [1.82, 2.24) is 10.6 Å². The Morgan fingerprint density at radius 2 is 2.25 bits per heavy atom. The molecule has 20 heavy (non-hydrogen) atoms. The minimum absolute atomic E-state index is 0.0273. The topological polar surface area (TPSA) is 50.4 Å². The highest BCUT2D eigenvalue weighted by Crippen LogP contribution is 2.23. The Morgan fingerprint density at radius 1 is 1.45 bits per heavy atom. The number of amides is 1. The Bertz CT molecular complexity index is 444. The van der Waals surface area contributed by atoms with E-state index < -0.39 is 0 Å². The SMILES string of the molecule is C=CCNC(=O)COc1c(C)cccc1CNCCC. The van der Waals surface area contributed by atoms with E-state index in [1.54, 1.807) is 6.08 Å². The molecule has 0 fully saturated rings. The molecule has 2 N–H and O–H groups in total. The largest absolute Gasteiger partial charge is 0.483 e. The van der Waals surface area contributed by atoms with Crippen LogP contribution >= 0.6 is 0 Å². The van der Waals surface area contributed by atoms with Crippen LogP contribution in [-0.2, 0) is 11.3 Å². The summed E-state index contributed by atoms with van der Waals surface area (Å²) in [6.45, 7) is 9.87. The number of hydrogen-bond donors (Lipinski definition) is 2. The van der Waals surface area contributed by atoms with Crippen LogP contribution in [0.4, 0.5) is 0 Å². The summed E-state index contributed by atoms with van der Waals surface area (Å²) in [5.41, 5.74) is 2.12. The summed E-state index contributed by atoms with van der Waals surface area (Å²) in [5, 5.41) is 6.04. The van der Waals surface area contributed by atoms with Gasteiger partial charge in [0.2, 0.25) is 0 Å². The van der Waals surface area contributed by atoms with Crippen LogP contribution < -0.4 is 15.4 Å². The van der Waals surface area contributed by atoms with Crippen molar-refractivity contribution < 1.29 is 9.53 Å². The molecule has 0 aromatic heterocycles. The number of rotatable bonds is 9. The van der Waals surface area contributed by atoms with Gasteiger partial charge in [0.25, 0.3) is 5.91 Å². The molecule has 0 atom stereocenters. The molecule has 0 heterocycles. The van der Waals surface area contributed by atoms with Gasteiger partial charge in [-0.1, -0.05) is 31.2 Å². The normalized spacial score (nSPS) is 10.1. The summed E-state index contributed by atoms with van der Waals surface area (Å²) in [4.78, 5) is 11.6. The molecule has 1 aromatic rings. The highest BCUT2D eigenvalue weighted by atomic mass is 16.5. The van der Waals surface area contributed by atoms with Gasteiger partial charge in [-0.25, -0.2) is 0 Å². The Morgan fingerprint density at radius 3 is 2.95 bits per heavy atom. The molecule has 0 aliphatic rings. The molecule has 1 amide bonds. The summed E-state index contributed by atoms with van der Waals surface area (Å²) >= 11 is 0. The molecule has 0 spiro atoms. The van der Waals surface area contributed by atoms with Gasteiger partial charge in [-0.3, -0.25) is 4.79 Å². The van der Waals surface area contributed by atoms with E-state index in [2.05, 4.69) is 24.1 Å². The molecule has 0 unspecified atom stereocenters. The van der Waals surface area contributed by atoms with E-state index in [4.69, 9.17) is 4.74 Å². The maximum Gasteiger partial charge on any atom is 0.258 e. The van der Waals surface area contributed by atoms with Crippen molar-refractivity contribution in [3.63, 3.8) is 0 Å². The molecule has 4 heteroatoms. The van der Waals surface area contributed by atoms with E-state index >= 15 is 0 Å². The van der Waals surface area contributed by atoms with Crippen molar-refractivity contribution in [3.05, 3.63) is 42.0 Å². The predicted molar refractivity (Wildman–Crippen MR) is 81.9 cm³/mol. The van der Waals surface area contributed by atoms with Gasteiger partial charge in [0.15, 0.2) is 6.61 Å². The molecule has 0 aliphatic heterocycles. The molecule has 0 radical (unpaired) electrons. The van der Waals surface area contributed by atoms with E-state index in [0.29, 0.717) is 6.54 Å². The first-order chi connectivity index (χ1) is 9.69. The van der Waals surface area contributed by atoms with Crippen molar-refractivity contribution in [2.45, 2.75) is 26.8 Å². The first-order valence-electron chi connectivity index (χ1n) is 6.98. The van der Waals surface area contributed by atoms with E-state index in [9.17, 15) is 4.79 Å². The molecule has 4 nitrogen and oxygen atoms in total. The number of benzene rings is 1. The molecular weight excluding hydrogens is 252 g/mol. The van der Waals surface area contributed by atoms with Gasteiger partial charge in [0.05, 0.1) is 0 Å². The molecule has 0 aliphatic carbocycles. The van der Waals surface area contributed by atoms with Crippen LogP contribution in [0.15, 0.2) is 30.9 Å². The van der Waals surface area contributed by atoms with Gasteiger partial charge in [-0.15, -0.1) is 6.58 Å². The lowest BCUT2D eigenvalue weighted by atomic mass is 10.1.